The van der Waals surface area contributed by atoms with Crippen LogP contribution in [0.4, 0.5) is 0 Å². The Bertz CT molecular complexity index is 742. The molecule has 3 rings (SSSR count). The molecule has 1 aromatic heterocycles. The molecule has 0 spiro atoms. The molecule has 6 nitrogen and oxygen atoms in total. The predicted molar refractivity (Wildman–Crippen MR) is 124 cm³/mol. The van der Waals surface area contributed by atoms with Crippen LogP contribution in [-0.4, -0.2) is 41.5 Å². The molecule has 1 aliphatic rings. The molecule has 1 saturated heterocycles. The smallest absolute Gasteiger partial charge is 0.214 e. The topological polar surface area (TPSA) is 65.7 Å². The molecule has 2 unspecified atom stereocenters. The van der Waals surface area contributed by atoms with E-state index in [4.69, 9.17) is 4.42 Å². The number of aryl methyl sites for hydroxylation is 2. The van der Waals surface area contributed by atoms with Crippen LogP contribution in [-0.2, 0) is 13.1 Å². The lowest BCUT2D eigenvalue weighted by atomic mass is 9.97. The summed E-state index contributed by atoms with van der Waals surface area (Å²) in [6, 6.07) is 11.7. The molecule has 1 aliphatic heterocycles. The predicted octanol–water partition coefficient (Wildman–Crippen LogP) is 3.63. The third-order valence-corrected chi connectivity index (χ3v) is 5.29. The summed E-state index contributed by atoms with van der Waals surface area (Å²) in [7, 11) is 1.80. The van der Waals surface area contributed by atoms with Crippen LogP contribution in [0, 0.1) is 13.8 Å². The first-order chi connectivity index (χ1) is 13.0. The molecule has 2 aromatic rings. The van der Waals surface area contributed by atoms with Gasteiger partial charge in [-0.2, -0.15) is 0 Å². The number of aromatic nitrogens is 1. The van der Waals surface area contributed by atoms with Gasteiger partial charge in [0.1, 0.15) is 5.76 Å². The number of hydrogen-bond acceptors (Lipinski definition) is 4. The van der Waals surface area contributed by atoms with Gasteiger partial charge in [-0.05, 0) is 39.2 Å². The fourth-order valence-electron chi connectivity index (χ4n) is 3.57. The van der Waals surface area contributed by atoms with Crippen LogP contribution in [0.1, 0.15) is 42.7 Å². The second-order valence-electron chi connectivity index (χ2n) is 7.35. The van der Waals surface area contributed by atoms with Crippen LogP contribution in [0.25, 0.3) is 0 Å². The highest BCUT2D eigenvalue weighted by atomic mass is 127. The van der Waals surface area contributed by atoms with Gasteiger partial charge in [-0.25, -0.2) is 4.98 Å². The second kappa shape index (κ2) is 10.8. The number of oxazole rings is 1. The zero-order valence-corrected chi connectivity index (χ0v) is 19.6. The van der Waals surface area contributed by atoms with Crippen molar-refractivity contribution in [2.45, 2.75) is 58.8 Å². The van der Waals surface area contributed by atoms with Crippen LogP contribution in [0.2, 0.25) is 0 Å². The molecule has 154 valence electrons. The molecule has 2 N–H and O–H groups in total. The van der Waals surface area contributed by atoms with Gasteiger partial charge in [0.25, 0.3) is 0 Å². The van der Waals surface area contributed by atoms with E-state index in [1.807, 2.05) is 13.8 Å². The highest BCUT2D eigenvalue weighted by molar-refractivity contribution is 14.0. The first-order valence-electron chi connectivity index (χ1n) is 9.73. The minimum Gasteiger partial charge on any atom is -0.444 e. The number of piperidine rings is 1. The Balaban J connectivity index is 0.00000280. The van der Waals surface area contributed by atoms with E-state index >= 15 is 0 Å². The van der Waals surface area contributed by atoms with Gasteiger partial charge in [-0.15, -0.1) is 24.0 Å². The number of rotatable bonds is 5. The van der Waals surface area contributed by atoms with Crippen molar-refractivity contribution in [1.29, 1.82) is 0 Å². The molecule has 0 aliphatic carbocycles. The first-order valence-corrected chi connectivity index (χ1v) is 9.73. The van der Waals surface area contributed by atoms with Gasteiger partial charge < -0.3 is 15.1 Å². The van der Waals surface area contributed by atoms with Gasteiger partial charge in [0.15, 0.2) is 5.96 Å². The zero-order valence-electron chi connectivity index (χ0n) is 17.2. The number of benzene rings is 1. The van der Waals surface area contributed by atoms with Crippen LogP contribution in [0.15, 0.2) is 39.7 Å². The largest absolute Gasteiger partial charge is 0.444 e. The Labute approximate surface area is 185 Å². The summed E-state index contributed by atoms with van der Waals surface area (Å²) in [5, 5.41) is 6.86. The minimum absolute atomic E-state index is 0. The highest BCUT2D eigenvalue weighted by Gasteiger charge is 2.26. The standard InChI is InChI=1S/C21H31N5O.HI/c1-15-12-19(10-11-26(15)14-18-8-6-5-7-9-18)25-21(22-4)23-13-20-24-16(2)17(3)27-20;/h5-9,15,19H,10-14H2,1-4H3,(H2,22,23,25);1H. The fourth-order valence-corrected chi connectivity index (χ4v) is 3.57. The van der Waals surface area contributed by atoms with E-state index < -0.39 is 0 Å². The van der Waals surface area contributed by atoms with E-state index in [1.54, 1.807) is 7.05 Å². The number of aliphatic imine (C=N–C) groups is 1. The Morgan fingerprint density at radius 2 is 2.04 bits per heavy atom. The summed E-state index contributed by atoms with van der Waals surface area (Å²) < 4.78 is 5.62. The van der Waals surface area contributed by atoms with E-state index in [0.717, 1.165) is 43.3 Å². The van der Waals surface area contributed by atoms with Gasteiger partial charge in [-0.3, -0.25) is 9.89 Å². The van der Waals surface area contributed by atoms with Gasteiger partial charge in [0, 0.05) is 32.2 Å². The van der Waals surface area contributed by atoms with E-state index in [0.29, 0.717) is 24.5 Å². The first kappa shape index (κ1) is 22.7. The lowest BCUT2D eigenvalue weighted by Crippen LogP contribution is -2.51. The monoisotopic (exact) mass is 497 g/mol. The molecule has 0 bridgehead atoms. The van der Waals surface area contributed by atoms with E-state index in [2.05, 4.69) is 62.8 Å². The molecule has 0 amide bonds. The van der Waals surface area contributed by atoms with Crippen LogP contribution in [0.5, 0.6) is 0 Å². The fraction of sp³-hybridized carbons (Fsp3) is 0.524. The van der Waals surface area contributed by atoms with Crippen molar-refractivity contribution in [3.05, 3.63) is 53.2 Å². The molecule has 2 atom stereocenters. The van der Waals surface area contributed by atoms with E-state index in [1.165, 1.54) is 5.56 Å². The molecular formula is C21H32IN5O. The molecule has 1 aromatic carbocycles. The zero-order chi connectivity index (χ0) is 19.2. The Hall–Kier alpha value is -1.61. The Morgan fingerprint density at radius 3 is 2.64 bits per heavy atom. The van der Waals surface area contributed by atoms with Gasteiger partial charge in [0.05, 0.1) is 12.2 Å². The Morgan fingerprint density at radius 1 is 1.29 bits per heavy atom. The molecule has 0 saturated carbocycles. The molecule has 28 heavy (non-hydrogen) atoms. The van der Waals surface area contributed by atoms with E-state index in [-0.39, 0.29) is 24.0 Å². The summed E-state index contributed by atoms with van der Waals surface area (Å²) in [5.41, 5.74) is 2.32. The average molecular weight is 497 g/mol. The second-order valence-corrected chi connectivity index (χ2v) is 7.35. The molecular weight excluding hydrogens is 465 g/mol. The lowest BCUT2D eigenvalue weighted by molar-refractivity contribution is 0.134. The summed E-state index contributed by atoms with van der Waals surface area (Å²) in [6.07, 6.45) is 2.21. The maximum absolute atomic E-state index is 5.62. The Kier molecular flexibility index (Phi) is 8.75. The number of guanidine groups is 1. The number of hydrogen-bond donors (Lipinski definition) is 2. The normalized spacial score (nSPS) is 20.5. The lowest BCUT2D eigenvalue weighted by Gasteiger charge is -2.38. The summed E-state index contributed by atoms with van der Waals surface area (Å²) in [5.74, 6) is 2.37. The average Bonchev–Trinajstić information content (AvgIpc) is 2.99. The number of likely N-dealkylation sites (tertiary alicyclic amines) is 1. The summed E-state index contributed by atoms with van der Waals surface area (Å²) >= 11 is 0. The molecule has 7 heteroatoms. The van der Waals surface area contributed by atoms with Gasteiger partial charge in [-0.1, -0.05) is 30.3 Å². The van der Waals surface area contributed by atoms with Crippen molar-refractivity contribution < 1.29 is 4.42 Å². The van der Waals surface area contributed by atoms with Crippen LogP contribution in [0.3, 0.4) is 0 Å². The van der Waals surface area contributed by atoms with Crippen LogP contribution < -0.4 is 10.6 Å². The maximum atomic E-state index is 5.62. The number of nitrogens with zero attached hydrogens (tertiary/aromatic N) is 3. The van der Waals surface area contributed by atoms with Crippen molar-refractivity contribution in [1.82, 2.24) is 20.5 Å². The number of halogens is 1. The van der Waals surface area contributed by atoms with Crippen molar-refractivity contribution in [2.24, 2.45) is 4.99 Å². The SMILES string of the molecule is CN=C(NCc1nc(C)c(C)o1)NC1CCN(Cc2ccccc2)C(C)C1.I. The van der Waals surface area contributed by atoms with Crippen molar-refractivity contribution in [3.63, 3.8) is 0 Å². The van der Waals surface area contributed by atoms with Crippen molar-refractivity contribution >= 4 is 29.9 Å². The summed E-state index contributed by atoms with van der Waals surface area (Å²) in [6.45, 7) is 8.85. The highest BCUT2D eigenvalue weighted by Crippen LogP contribution is 2.20. The minimum atomic E-state index is 0. The van der Waals surface area contributed by atoms with Gasteiger partial charge in [0.2, 0.25) is 5.89 Å². The van der Waals surface area contributed by atoms with Crippen LogP contribution >= 0.6 is 24.0 Å². The van der Waals surface area contributed by atoms with Gasteiger partial charge >= 0.3 is 0 Å². The van der Waals surface area contributed by atoms with E-state index in [9.17, 15) is 0 Å². The van der Waals surface area contributed by atoms with Crippen molar-refractivity contribution in [3.8, 4) is 0 Å². The number of nitrogens with one attached hydrogen (secondary N) is 2. The molecule has 1 fully saturated rings. The third kappa shape index (κ3) is 6.20. The molecule has 2 heterocycles. The quantitative estimate of drug-likeness (QED) is 0.375. The van der Waals surface area contributed by atoms with Crippen molar-refractivity contribution in [2.75, 3.05) is 13.6 Å². The summed E-state index contributed by atoms with van der Waals surface area (Å²) in [4.78, 5) is 11.3. The third-order valence-electron chi connectivity index (χ3n) is 5.29. The molecule has 0 radical (unpaired) electrons. The maximum Gasteiger partial charge on any atom is 0.214 e.